The number of nitrogens with one attached hydrogen (secondary N) is 1. The average molecular weight is 577 g/mol. The van der Waals surface area contributed by atoms with Gasteiger partial charge in [-0.05, 0) is 79.5 Å². The lowest BCUT2D eigenvalue weighted by molar-refractivity contribution is 0.0135. The van der Waals surface area contributed by atoms with Crippen LogP contribution >= 0.6 is 0 Å². The van der Waals surface area contributed by atoms with Gasteiger partial charge >= 0.3 is 6.09 Å². The summed E-state index contributed by atoms with van der Waals surface area (Å²) in [7, 11) is -3.45. The van der Waals surface area contributed by atoms with E-state index < -0.39 is 16.6 Å². The van der Waals surface area contributed by atoms with Crippen molar-refractivity contribution in [2.45, 2.75) is 122 Å². The molecule has 1 aliphatic heterocycles. The van der Waals surface area contributed by atoms with Gasteiger partial charge in [-0.3, -0.25) is 0 Å². The Morgan fingerprint density at radius 2 is 1.56 bits per heavy atom. The van der Waals surface area contributed by atoms with E-state index >= 15 is 0 Å². The molecule has 2 atom stereocenters. The zero-order valence-electron chi connectivity index (χ0n) is 25.7. The topological polar surface area (TPSA) is 60.0 Å². The molecular weight excluding hydrogens is 521 g/mol. The smallest absolute Gasteiger partial charge is 0.407 e. The molecule has 8 heteroatoms. The van der Waals surface area contributed by atoms with Gasteiger partial charge in [0, 0.05) is 19.6 Å². The van der Waals surface area contributed by atoms with Crippen molar-refractivity contribution in [3.63, 3.8) is 0 Å². The lowest BCUT2D eigenvalue weighted by atomic mass is 9.90. The predicted molar refractivity (Wildman–Crippen MR) is 166 cm³/mol. The summed E-state index contributed by atoms with van der Waals surface area (Å²) in [5.74, 6) is 0. The van der Waals surface area contributed by atoms with Crippen molar-refractivity contribution in [3.05, 3.63) is 35.9 Å². The summed E-state index contributed by atoms with van der Waals surface area (Å²) in [4.78, 5) is 15.2. The number of ether oxygens (including phenoxy) is 1. The van der Waals surface area contributed by atoms with Crippen molar-refractivity contribution in [2.75, 3.05) is 26.2 Å². The van der Waals surface area contributed by atoms with Crippen LogP contribution in [0.3, 0.4) is 0 Å². The molecule has 1 N–H and O–H groups in total. The Hall–Kier alpha value is -1.20. The summed E-state index contributed by atoms with van der Waals surface area (Å²) in [5, 5.41) is 3.02. The minimum atomic E-state index is -1.81. The maximum absolute atomic E-state index is 12.5. The summed E-state index contributed by atoms with van der Waals surface area (Å²) >= 11 is 0. The zero-order chi connectivity index (χ0) is 28.4. The van der Waals surface area contributed by atoms with E-state index in [9.17, 15) is 4.79 Å². The van der Waals surface area contributed by atoms with E-state index in [4.69, 9.17) is 13.6 Å². The van der Waals surface area contributed by atoms with Gasteiger partial charge in [0.2, 0.25) is 0 Å². The Bertz CT molecular complexity index is 843. The van der Waals surface area contributed by atoms with Crippen LogP contribution in [-0.4, -0.2) is 66.0 Å². The minimum absolute atomic E-state index is 0.00682. The first kappa shape index (κ1) is 32.3. The zero-order valence-corrected chi connectivity index (χ0v) is 27.7. The molecule has 0 radical (unpaired) electrons. The fourth-order valence-electron chi connectivity index (χ4n) is 6.31. The van der Waals surface area contributed by atoms with Gasteiger partial charge in [-0.25, -0.2) is 4.79 Å². The molecule has 0 bridgehead atoms. The van der Waals surface area contributed by atoms with Crippen LogP contribution in [0.5, 0.6) is 0 Å². The molecule has 6 nitrogen and oxygen atoms in total. The van der Waals surface area contributed by atoms with Crippen LogP contribution in [-0.2, 0) is 20.2 Å². The van der Waals surface area contributed by atoms with Gasteiger partial charge in [0.15, 0.2) is 16.6 Å². The highest BCUT2D eigenvalue weighted by Gasteiger charge is 2.54. The van der Waals surface area contributed by atoms with E-state index in [0.29, 0.717) is 18.1 Å². The first-order chi connectivity index (χ1) is 18.8. The highest BCUT2D eigenvalue weighted by molar-refractivity contribution is 6.74. The van der Waals surface area contributed by atoms with Crippen molar-refractivity contribution in [3.8, 4) is 0 Å². The van der Waals surface area contributed by atoms with Gasteiger partial charge in [-0.15, -0.1) is 0 Å². The van der Waals surface area contributed by atoms with E-state index in [2.05, 4.69) is 51.8 Å². The number of hydrogen-bond donors (Lipinski definition) is 1. The van der Waals surface area contributed by atoms with E-state index in [1.165, 1.54) is 37.4 Å². The molecule has 1 amide bonds. The number of carbonyl (C=O) groups is 1. The van der Waals surface area contributed by atoms with E-state index in [-0.39, 0.29) is 18.8 Å². The Labute approximate surface area is 240 Å². The lowest BCUT2D eigenvalue weighted by Gasteiger charge is -2.44. The fourth-order valence-corrected chi connectivity index (χ4v) is 12.2. The Balaban J connectivity index is 1.59. The fraction of sp³-hybridized carbons (Fsp3) is 0.774. The number of alkyl carbamates (subject to hydrolysis) is 1. The van der Waals surface area contributed by atoms with Gasteiger partial charge in [-0.2, -0.15) is 0 Å². The number of rotatable bonds is 17. The first-order valence-electron chi connectivity index (χ1n) is 15.8. The SMILES string of the molecule is CC[Si](CC)(CC)O[C@@H](CCN1CCC2(CC2)[C@H](O[Si](CC)(CC)CC)C1)CNC(=O)OCc1ccccc1. The standard InChI is InChI=1S/C31H56N2O4Si2/c1-7-38(8-2,9-3)36-28(24-32-30(34)35-26-27-16-14-13-15-17-27)18-22-33-23-21-31(19-20-31)29(25-33)37-39(10-4,11-5)12-6/h13-17,28-29H,7-12,18-26H2,1-6H3,(H,32,34)/t28-,29+/m0/s1. The summed E-state index contributed by atoms with van der Waals surface area (Å²) in [6.45, 7) is 17.8. The van der Waals surface area contributed by atoms with Gasteiger partial charge in [-0.1, -0.05) is 71.9 Å². The quantitative estimate of drug-likeness (QED) is 0.194. The van der Waals surface area contributed by atoms with Crippen LogP contribution in [0.1, 0.15) is 72.8 Å². The third-order valence-corrected chi connectivity index (χ3v) is 19.4. The summed E-state index contributed by atoms with van der Waals surface area (Å²) in [6.07, 6.45) is 4.88. The second kappa shape index (κ2) is 15.2. The van der Waals surface area contributed by atoms with E-state index in [1.807, 2.05) is 30.3 Å². The average Bonchev–Trinajstić information content (AvgIpc) is 3.77. The second-order valence-corrected chi connectivity index (χ2v) is 21.4. The number of hydrogen-bond acceptors (Lipinski definition) is 5. The van der Waals surface area contributed by atoms with Crippen molar-refractivity contribution < 1.29 is 18.4 Å². The van der Waals surface area contributed by atoms with Crippen LogP contribution < -0.4 is 5.32 Å². The van der Waals surface area contributed by atoms with Crippen molar-refractivity contribution in [1.29, 1.82) is 0 Å². The van der Waals surface area contributed by atoms with Crippen LogP contribution in [0.25, 0.3) is 0 Å². The molecule has 0 unspecified atom stereocenters. The molecule has 222 valence electrons. The third kappa shape index (κ3) is 8.89. The maximum atomic E-state index is 12.5. The summed E-state index contributed by atoms with van der Waals surface area (Å²) in [6, 6.07) is 16.8. The first-order valence-corrected chi connectivity index (χ1v) is 20.9. The van der Waals surface area contributed by atoms with Crippen molar-refractivity contribution in [1.82, 2.24) is 10.2 Å². The van der Waals surface area contributed by atoms with Gasteiger partial charge in [0.25, 0.3) is 0 Å². The monoisotopic (exact) mass is 576 g/mol. The van der Waals surface area contributed by atoms with Gasteiger partial charge < -0.3 is 23.8 Å². The molecule has 39 heavy (non-hydrogen) atoms. The predicted octanol–water partition coefficient (Wildman–Crippen LogP) is 7.57. The lowest BCUT2D eigenvalue weighted by Crippen LogP contribution is -2.52. The largest absolute Gasteiger partial charge is 0.445 e. The molecule has 1 aromatic rings. The molecule has 0 aromatic heterocycles. The number of benzene rings is 1. The molecule has 1 saturated heterocycles. The molecule has 1 saturated carbocycles. The summed E-state index contributed by atoms with van der Waals surface area (Å²) in [5.41, 5.74) is 1.44. The molecular formula is C31H56N2O4Si2. The summed E-state index contributed by atoms with van der Waals surface area (Å²) < 4.78 is 19.5. The Morgan fingerprint density at radius 3 is 2.13 bits per heavy atom. The number of carbonyl (C=O) groups excluding carboxylic acids is 1. The van der Waals surface area contributed by atoms with Gasteiger partial charge in [0.05, 0.1) is 12.2 Å². The molecule has 1 aliphatic carbocycles. The number of nitrogens with zero attached hydrogens (tertiary/aromatic N) is 1. The number of piperidine rings is 1. The molecule has 1 heterocycles. The molecule has 2 aliphatic rings. The van der Waals surface area contributed by atoms with Crippen LogP contribution in [0.2, 0.25) is 36.3 Å². The third-order valence-electron chi connectivity index (χ3n) is 10.1. The number of likely N-dealkylation sites (tertiary alicyclic amines) is 1. The Morgan fingerprint density at radius 1 is 0.949 bits per heavy atom. The number of amides is 1. The van der Waals surface area contributed by atoms with Gasteiger partial charge in [0.1, 0.15) is 6.61 Å². The van der Waals surface area contributed by atoms with Crippen LogP contribution in [0.15, 0.2) is 30.3 Å². The molecule has 2 fully saturated rings. The van der Waals surface area contributed by atoms with E-state index in [1.54, 1.807) is 0 Å². The highest BCUT2D eigenvalue weighted by Crippen LogP contribution is 2.55. The normalized spacial score (nSPS) is 20.1. The van der Waals surface area contributed by atoms with Crippen LogP contribution in [0, 0.1) is 5.41 Å². The van der Waals surface area contributed by atoms with Crippen molar-refractivity contribution >= 4 is 22.7 Å². The Kier molecular flexibility index (Phi) is 12.6. The van der Waals surface area contributed by atoms with Crippen LogP contribution in [0.4, 0.5) is 4.79 Å². The molecule has 1 spiro atoms. The molecule has 1 aromatic carbocycles. The highest BCUT2D eigenvalue weighted by atomic mass is 28.4. The second-order valence-electron chi connectivity index (χ2n) is 12.0. The maximum Gasteiger partial charge on any atom is 0.407 e. The molecule has 3 rings (SSSR count). The van der Waals surface area contributed by atoms with Crippen molar-refractivity contribution in [2.24, 2.45) is 5.41 Å². The minimum Gasteiger partial charge on any atom is -0.445 e. The van der Waals surface area contributed by atoms with E-state index in [0.717, 1.165) is 49.8 Å².